The molecule has 0 radical (unpaired) electrons. The molecule has 2 aliphatic rings. The molecule has 0 aromatic heterocycles. The fourth-order valence-electron chi connectivity index (χ4n) is 3.98. The monoisotopic (exact) mass is 394 g/mol. The second-order valence-electron chi connectivity index (χ2n) is 7.90. The second-order valence-corrected chi connectivity index (χ2v) is 7.90. The van der Waals surface area contributed by atoms with Gasteiger partial charge in [0.15, 0.2) is 11.5 Å². The average Bonchev–Trinajstić information content (AvgIpc) is 3.14. The van der Waals surface area contributed by atoms with Gasteiger partial charge in [-0.3, -0.25) is 9.69 Å². The van der Waals surface area contributed by atoms with E-state index in [2.05, 4.69) is 34.5 Å². The van der Waals surface area contributed by atoms with Gasteiger partial charge in [0.1, 0.15) is 0 Å². The van der Waals surface area contributed by atoms with Crippen molar-refractivity contribution in [3.63, 3.8) is 0 Å². The zero-order chi connectivity index (χ0) is 19.9. The minimum absolute atomic E-state index is 0.0985. The van der Waals surface area contributed by atoms with Crippen molar-refractivity contribution in [2.75, 3.05) is 26.3 Å². The number of hydrogen-bond donors (Lipinski definition) is 1. The Morgan fingerprint density at radius 1 is 0.862 bits per heavy atom. The number of carbonyl (C=O) groups is 1. The lowest BCUT2D eigenvalue weighted by atomic mass is 10.1. The molecular weight excluding hydrogens is 364 g/mol. The quantitative estimate of drug-likeness (QED) is 0.828. The summed E-state index contributed by atoms with van der Waals surface area (Å²) in [6.07, 6.45) is 6.14. The summed E-state index contributed by atoms with van der Waals surface area (Å²) in [5, 5.41) is 3.03. The average molecular weight is 395 g/mol. The molecule has 0 bridgehead atoms. The molecule has 1 N–H and O–H groups in total. The Bertz CT molecular complexity index is 829. The molecule has 0 unspecified atom stereocenters. The highest BCUT2D eigenvalue weighted by atomic mass is 16.5. The fourth-order valence-corrected chi connectivity index (χ4v) is 3.98. The molecule has 2 aromatic rings. The predicted octanol–water partition coefficient (Wildman–Crippen LogP) is 4.15. The Morgan fingerprint density at radius 3 is 2.45 bits per heavy atom. The third-order valence-corrected chi connectivity index (χ3v) is 5.56. The van der Waals surface area contributed by atoms with Gasteiger partial charge in [-0.05, 0) is 55.3 Å². The molecule has 1 saturated heterocycles. The molecule has 154 valence electrons. The Morgan fingerprint density at radius 2 is 1.62 bits per heavy atom. The summed E-state index contributed by atoms with van der Waals surface area (Å²) in [7, 11) is 0. The minimum Gasteiger partial charge on any atom is -0.490 e. The number of nitrogens with one attached hydrogen (secondary N) is 1. The SMILES string of the molecule is O=C(NCc1cccc(CN2CCCCCC2)c1)c1ccc2c(c1)OCCCO2. The number of nitrogens with zero attached hydrogens (tertiary/aromatic N) is 1. The van der Waals surface area contributed by atoms with E-state index in [0.717, 1.165) is 18.5 Å². The zero-order valence-corrected chi connectivity index (χ0v) is 17.0. The van der Waals surface area contributed by atoms with Gasteiger partial charge in [-0.2, -0.15) is 0 Å². The molecule has 0 aliphatic carbocycles. The van der Waals surface area contributed by atoms with Gasteiger partial charge in [0, 0.05) is 25.1 Å². The molecular formula is C24H30N2O3. The van der Waals surface area contributed by atoms with E-state index in [-0.39, 0.29) is 5.91 Å². The van der Waals surface area contributed by atoms with Crippen LogP contribution in [-0.2, 0) is 13.1 Å². The third kappa shape index (κ3) is 5.51. The first kappa shape index (κ1) is 19.8. The van der Waals surface area contributed by atoms with Crippen molar-refractivity contribution in [2.45, 2.75) is 45.2 Å². The first-order chi connectivity index (χ1) is 14.3. The first-order valence-corrected chi connectivity index (χ1v) is 10.8. The highest BCUT2D eigenvalue weighted by Gasteiger charge is 2.14. The largest absolute Gasteiger partial charge is 0.490 e. The summed E-state index contributed by atoms with van der Waals surface area (Å²) in [6, 6.07) is 13.9. The van der Waals surface area contributed by atoms with Crippen LogP contribution in [0.4, 0.5) is 0 Å². The Balaban J connectivity index is 1.35. The zero-order valence-electron chi connectivity index (χ0n) is 17.0. The summed E-state index contributed by atoms with van der Waals surface area (Å²) < 4.78 is 11.3. The number of amides is 1. The summed E-state index contributed by atoms with van der Waals surface area (Å²) in [6.45, 7) is 5.13. The highest BCUT2D eigenvalue weighted by Crippen LogP contribution is 2.30. The van der Waals surface area contributed by atoms with Crippen LogP contribution in [0, 0.1) is 0 Å². The summed E-state index contributed by atoms with van der Waals surface area (Å²) >= 11 is 0. The molecule has 2 aliphatic heterocycles. The van der Waals surface area contributed by atoms with E-state index in [4.69, 9.17) is 9.47 Å². The van der Waals surface area contributed by atoms with Crippen molar-refractivity contribution >= 4 is 5.91 Å². The third-order valence-electron chi connectivity index (χ3n) is 5.56. The lowest BCUT2D eigenvalue weighted by molar-refractivity contribution is 0.0950. The maximum absolute atomic E-state index is 12.6. The Labute approximate surface area is 173 Å². The number of benzene rings is 2. The molecule has 1 fully saturated rings. The summed E-state index contributed by atoms with van der Waals surface area (Å²) in [4.78, 5) is 15.2. The fraction of sp³-hybridized carbons (Fsp3) is 0.458. The number of carbonyl (C=O) groups excluding carboxylic acids is 1. The molecule has 0 spiro atoms. The van der Waals surface area contributed by atoms with Crippen LogP contribution >= 0.6 is 0 Å². The lowest BCUT2D eigenvalue weighted by Gasteiger charge is -2.20. The second kappa shape index (κ2) is 9.79. The standard InChI is InChI=1S/C24H30N2O3/c27-24(21-9-10-22-23(16-21)29-14-6-13-28-22)25-17-19-7-5-8-20(15-19)18-26-11-3-1-2-4-12-26/h5,7-10,15-16H,1-4,6,11-14,17-18H2,(H,25,27). The lowest BCUT2D eigenvalue weighted by Crippen LogP contribution is -2.24. The Hall–Kier alpha value is -2.53. The molecule has 4 rings (SSSR count). The van der Waals surface area contributed by atoms with Crippen LogP contribution in [0.15, 0.2) is 42.5 Å². The first-order valence-electron chi connectivity index (χ1n) is 10.8. The van der Waals surface area contributed by atoms with E-state index in [1.54, 1.807) is 12.1 Å². The van der Waals surface area contributed by atoms with E-state index in [1.165, 1.54) is 44.3 Å². The van der Waals surface area contributed by atoms with Crippen LogP contribution in [0.25, 0.3) is 0 Å². The molecule has 5 nitrogen and oxygen atoms in total. The van der Waals surface area contributed by atoms with Crippen molar-refractivity contribution < 1.29 is 14.3 Å². The Kier molecular flexibility index (Phi) is 6.67. The number of ether oxygens (including phenoxy) is 2. The van der Waals surface area contributed by atoms with Gasteiger partial charge in [-0.15, -0.1) is 0 Å². The molecule has 29 heavy (non-hydrogen) atoms. The van der Waals surface area contributed by atoms with Gasteiger partial charge in [0.2, 0.25) is 0 Å². The van der Waals surface area contributed by atoms with Crippen molar-refractivity contribution in [2.24, 2.45) is 0 Å². The van der Waals surface area contributed by atoms with Crippen LogP contribution < -0.4 is 14.8 Å². The van der Waals surface area contributed by atoms with Crippen molar-refractivity contribution in [3.8, 4) is 11.5 Å². The van der Waals surface area contributed by atoms with E-state index in [0.29, 0.717) is 36.8 Å². The molecule has 0 saturated carbocycles. The topological polar surface area (TPSA) is 50.8 Å². The van der Waals surface area contributed by atoms with Crippen molar-refractivity contribution in [3.05, 3.63) is 59.2 Å². The predicted molar refractivity (Wildman–Crippen MR) is 113 cm³/mol. The normalized spacial score (nSPS) is 17.2. The number of rotatable bonds is 5. The van der Waals surface area contributed by atoms with Gasteiger partial charge in [-0.25, -0.2) is 0 Å². The van der Waals surface area contributed by atoms with Crippen LogP contribution in [-0.4, -0.2) is 37.1 Å². The van der Waals surface area contributed by atoms with Crippen molar-refractivity contribution in [1.29, 1.82) is 0 Å². The summed E-state index contributed by atoms with van der Waals surface area (Å²) in [5.74, 6) is 1.26. The molecule has 5 heteroatoms. The van der Waals surface area contributed by atoms with Crippen LogP contribution in [0.5, 0.6) is 11.5 Å². The van der Waals surface area contributed by atoms with E-state index in [9.17, 15) is 4.79 Å². The number of fused-ring (bicyclic) bond motifs is 1. The number of hydrogen-bond acceptors (Lipinski definition) is 4. The molecule has 1 amide bonds. The van der Waals surface area contributed by atoms with E-state index < -0.39 is 0 Å². The van der Waals surface area contributed by atoms with Gasteiger partial charge in [-0.1, -0.05) is 37.1 Å². The molecule has 2 aromatic carbocycles. The van der Waals surface area contributed by atoms with E-state index in [1.807, 2.05) is 6.07 Å². The van der Waals surface area contributed by atoms with Gasteiger partial charge in [0.05, 0.1) is 13.2 Å². The van der Waals surface area contributed by atoms with Crippen LogP contribution in [0.2, 0.25) is 0 Å². The maximum Gasteiger partial charge on any atom is 0.251 e. The van der Waals surface area contributed by atoms with Gasteiger partial charge in [0.25, 0.3) is 5.91 Å². The number of likely N-dealkylation sites (tertiary alicyclic amines) is 1. The van der Waals surface area contributed by atoms with Crippen LogP contribution in [0.1, 0.15) is 53.6 Å². The van der Waals surface area contributed by atoms with Crippen LogP contribution in [0.3, 0.4) is 0 Å². The van der Waals surface area contributed by atoms with Gasteiger partial charge >= 0.3 is 0 Å². The minimum atomic E-state index is -0.0985. The highest BCUT2D eigenvalue weighted by molar-refractivity contribution is 5.94. The van der Waals surface area contributed by atoms with Crippen molar-refractivity contribution in [1.82, 2.24) is 10.2 Å². The smallest absolute Gasteiger partial charge is 0.251 e. The van der Waals surface area contributed by atoms with Gasteiger partial charge < -0.3 is 14.8 Å². The molecule has 2 heterocycles. The summed E-state index contributed by atoms with van der Waals surface area (Å²) in [5.41, 5.74) is 3.03. The maximum atomic E-state index is 12.6. The van der Waals surface area contributed by atoms with E-state index >= 15 is 0 Å². The molecule has 0 atom stereocenters.